The molecule has 1 N–H and O–H groups in total. The summed E-state index contributed by atoms with van der Waals surface area (Å²) in [4.78, 5) is 24.7. The van der Waals surface area contributed by atoms with E-state index in [1.807, 2.05) is 13.8 Å². The standard InChI is InChI=1S/C25H27NO6/c1-3-29-19-8-9-22(30-4-2)21(13-19)26-24(27)15-32-25(28)12-18-14-31-23-11-17-7-5-6-16(17)10-20(18)23/h8-11,13-14H,3-7,12,15H2,1-2H3,(H,26,27). The van der Waals surface area contributed by atoms with Crippen LogP contribution in [0.2, 0.25) is 0 Å². The highest BCUT2D eigenvalue weighted by Crippen LogP contribution is 2.31. The minimum atomic E-state index is -0.489. The number of amides is 1. The molecule has 1 heterocycles. The molecule has 0 fully saturated rings. The summed E-state index contributed by atoms with van der Waals surface area (Å²) < 4.78 is 21.9. The van der Waals surface area contributed by atoms with E-state index in [2.05, 4.69) is 17.4 Å². The Balaban J connectivity index is 1.36. The zero-order valence-corrected chi connectivity index (χ0v) is 18.4. The number of ether oxygens (including phenoxy) is 3. The number of aryl methyl sites for hydroxylation is 2. The molecule has 0 saturated carbocycles. The summed E-state index contributed by atoms with van der Waals surface area (Å²) in [5, 5.41) is 3.66. The predicted octanol–water partition coefficient (Wildman–Crippen LogP) is 4.44. The van der Waals surface area contributed by atoms with Crippen LogP contribution in [-0.4, -0.2) is 31.7 Å². The van der Waals surface area contributed by atoms with E-state index in [0.717, 1.165) is 35.8 Å². The molecule has 3 aromatic rings. The fourth-order valence-electron chi connectivity index (χ4n) is 3.97. The summed E-state index contributed by atoms with van der Waals surface area (Å²) in [5.74, 6) is 0.189. The number of hydrogen-bond donors (Lipinski definition) is 1. The first-order valence-electron chi connectivity index (χ1n) is 10.9. The van der Waals surface area contributed by atoms with Crippen LogP contribution in [-0.2, 0) is 33.6 Å². The van der Waals surface area contributed by atoms with Crippen molar-refractivity contribution in [1.29, 1.82) is 0 Å². The van der Waals surface area contributed by atoms with Crippen molar-refractivity contribution in [2.45, 2.75) is 39.5 Å². The molecule has 0 spiro atoms. The molecule has 0 saturated heterocycles. The van der Waals surface area contributed by atoms with E-state index in [1.165, 1.54) is 11.1 Å². The Bertz CT molecular complexity index is 1130. The van der Waals surface area contributed by atoms with Gasteiger partial charge in [-0.15, -0.1) is 0 Å². The molecular weight excluding hydrogens is 410 g/mol. The Morgan fingerprint density at radius 3 is 2.59 bits per heavy atom. The number of anilines is 1. The SMILES string of the molecule is CCOc1ccc(OCC)c(NC(=O)COC(=O)Cc2coc3cc4c(cc23)CCC4)c1. The smallest absolute Gasteiger partial charge is 0.310 e. The molecule has 4 rings (SSSR count). The number of carbonyl (C=O) groups excluding carboxylic acids is 2. The second-order valence-corrected chi connectivity index (χ2v) is 7.64. The predicted molar refractivity (Wildman–Crippen MR) is 120 cm³/mol. The van der Waals surface area contributed by atoms with Gasteiger partial charge >= 0.3 is 5.97 Å². The lowest BCUT2D eigenvalue weighted by atomic mass is 10.0. The molecule has 32 heavy (non-hydrogen) atoms. The van der Waals surface area contributed by atoms with Gasteiger partial charge in [0.15, 0.2) is 6.61 Å². The van der Waals surface area contributed by atoms with Crippen LogP contribution < -0.4 is 14.8 Å². The van der Waals surface area contributed by atoms with E-state index in [0.29, 0.717) is 30.4 Å². The van der Waals surface area contributed by atoms with Gasteiger partial charge in [0.2, 0.25) is 0 Å². The fourth-order valence-corrected chi connectivity index (χ4v) is 3.97. The molecular formula is C25H27NO6. The van der Waals surface area contributed by atoms with Crippen molar-refractivity contribution in [1.82, 2.24) is 0 Å². The molecule has 1 aromatic heterocycles. The van der Waals surface area contributed by atoms with Gasteiger partial charge in [-0.2, -0.15) is 0 Å². The summed E-state index contributed by atoms with van der Waals surface area (Å²) in [5.41, 5.74) is 4.64. The van der Waals surface area contributed by atoms with Gasteiger partial charge < -0.3 is 23.9 Å². The molecule has 168 valence electrons. The lowest BCUT2D eigenvalue weighted by Gasteiger charge is -2.13. The van der Waals surface area contributed by atoms with Crippen LogP contribution in [0.25, 0.3) is 11.0 Å². The average Bonchev–Trinajstić information content (AvgIpc) is 3.39. The topological polar surface area (TPSA) is 87.0 Å². The molecule has 7 nitrogen and oxygen atoms in total. The number of fused-ring (bicyclic) bond motifs is 2. The van der Waals surface area contributed by atoms with Gasteiger partial charge in [-0.05, 0) is 68.5 Å². The first-order valence-corrected chi connectivity index (χ1v) is 10.9. The first kappa shape index (κ1) is 21.7. The Kier molecular flexibility index (Phi) is 6.63. The van der Waals surface area contributed by atoms with Gasteiger partial charge in [-0.1, -0.05) is 0 Å². The molecule has 0 unspecified atom stereocenters. The Morgan fingerprint density at radius 1 is 1.03 bits per heavy atom. The van der Waals surface area contributed by atoms with Gasteiger partial charge in [0.25, 0.3) is 5.91 Å². The monoisotopic (exact) mass is 437 g/mol. The normalized spacial score (nSPS) is 12.4. The maximum atomic E-state index is 12.4. The minimum Gasteiger partial charge on any atom is -0.494 e. The number of furan rings is 1. The molecule has 0 atom stereocenters. The average molecular weight is 437 g/mol. The Labute approximate surface area is 186 Å². The van der Waals surface area contributed by atoms with Crippen LogP contribution in [0.4, 0.5) is 5.69 Å². The van der Waals surface area contributed by atoms with Crippen LogP contribution >= 0.6 is 0 Å². The highest BCUT2D eigenvalue weighted by Gasteiger charge is 2.18. The second-order valence-electron chi connectivity index (χ2n) is 7.64. The number of hydrogen-bond acceptors (Lipinski definition) is 6. The number of carbonyl (C=O) groups is 2. The highest BCUT2D eigenvalue weighted by molar-refractivity contribution is 5.95. The van der Waals surface area contributed by atoms with Gasteiger partial charge in [0, 0.05) is 17.0 Å². The maximum absolute atomic E-state index is 12.4. The van der Waals surface area contributed by atoms with Gasteiger partial charge in [-0.3, -0.25) is 9.59 Å². The van der Waals surface area contributed by atoms with Crippen molar-refractivity contribution >= 4 is 28.5 Å². The van der Waals surface area contributed by atoms with Crippen LogP contribution in [0, 0.1) is 0 Å². The molecule has 7 heteroatoms. The van der Waals surface area contributed by atoms with Crippen LogP contribution in [0.1, 0.15) is 37.0 Å². The quantitative estimate of drug-likeness (QED) is 0.498. The second kappa shape index (κ2) is 9.77. The number of nitrogens with one attached hydrogen (secondary N) is 1. The molecule has 2 aromatic carbocycles. The van der Waals surface area contributed by atoms with Crippen molar-refractivity contribution < 1.29 is 28.2 Å². The largest absolute Gasteiger partial charge is 0.494 e. The van der Waals surface area contributed by atoms with Crippen LogP contribution in [0.15, 0.2) is 41.0 Å². The molecule has 1 aliphatic rings. The Hall–Kier alpha value is -3.48. The lowest BCUT2D eigenvalue weighted by molar-refractivity contribution is -0.146. The van der Waals surface area contributed by atoms with Crippen molar-refractivity contribution in [3.05, 3.63) is 53.3 Å². The maximum Gasteiger partial charge on any atom is 0.310 e. The third kappa shape index (κ3) is 4.88. The Morgan fingerprint density at radius 2 is 1.81 bits per heavy atom. The van der Waals surface area contributed by atoms with Crippen molar-refractivity contribution in [2.75, 3.05) is 25.1 Å². The lowest BCUT2D eigenvalue weighted by Crippen LogP contribution is -2.22. The zero-order chi connectivity index (χ0) is 22.5. The molecule has 1 amide bonds. The van der Waals surface area contributed by atoms with Crippen LogP contribution in [0.3, 0.4) is 0 Å². The van der Waals surface area contributed by atoms with Crippen molar-refractivity contribution in [2.24, 2.45) is 0 Å². The first-order chi connectivity index (χ1) is 15.6. The highest BCUT2D eigenvalue weighted by atomic mass is 16.5. The van der Waals surface area contributed by atoms with E-state index in [4.69, 9.17) is 18.6 Å². The van der Waals surface area contributed by atoms with Crippen LogP contribution in [0.5, 0.6) is 11.5 Å². The summed E-state index contributed by atoms with van der Waals surface area (Å²) in [6.07, 6.45) is 4.90. The summed E-state index contributed by atoms with van der Waals surface area (Å²) in [6.45, 7) is 4.30. The minimum absolute atomic E-state index is 0.0447. The molecule has 1 aliphatic carbocycles. The van der Waals surface area contributed by atoms with E-state index in [1.54, 1.807) is 24.5 Å². The molecule has 0 bridgehead atoms. The number of benzene rings is 2. The van der Waals surface area contributed by atoms with Crippen molar-refractivity contribution in [3.63, 3.8) is 0 Å². The van der Waals surface area contributed by atoms with Gasteiger partial charge in [0.05, 0.1) is 31.6 Å². The number of rotatable bonds is 9. The van der Waals surface area contributed by atoms with E-state index in [9.17, 15) is 9.59 Å². The van der Waals surface area contributed by atoms with Gasteiger partial charge in [0.1, 0.15) is 17.1 Å². The van der Waals surface area contributed by atoms with E-state index < -0.39 is 18.5 Å². The summed E-state index contributed by atoms with van der Waals surface area (Å²) >= 11 is 0. The molecule has 0 radical (unpaired) electrons. The number of esters is 1. The van der Waals surface area contributed by atoms with E-state index in [-0.39, 0.29) is 6.42 Å². The third-order valence-corrected chi connectivity index (χ3v) is 5.40. The van der Waals surface area contributed by atoms with Gasteiger partial charge in [-0.25, -0.2) is 0 Å². The zero-order valence-electron chi connectivity index (χ0n) is 18.4. The summed E-state index contributed by atoms with van der Waals surface area (Å²) in [7, 11) is 0. The van der Waals surface area contributed by atoms with E-state index >= 15 is 0 Å². The summed E-state index contributed by atoms with van der Waals surface area (Å²) in [6, 6.07) is 9.36. The fraction of sp³-hybridized carbons (Fsp3) is 0.360. The molecule has 0 aliphatic heterocycles. The third-order valence-electron chi connectivity index (χ3n) is 5.40. The van der Waals surface area contributed by atoms with Crippen molar-refractivity contribution in [3.8, 4) is 11.5 Å².